The van der Waals surface area contributed by atoms with Gasteiger partial charge >= 0.3 is 0 Å². The molecule has 0 aromatic carbocycles. The van der Waals surface area contributed by atoms with E-state index in [2.05, 4.69) is 36.8 Å². The van der Waals surface area contributed by atoms with Gasteiger partial charge in [-0.25, -0.2) is 0 Å². The molecule has 0 aliphatic carbocycles. The Bertz CT molecular complexity index is 337. The number of nitrogens with zero attached hydrogens (tertiary/aromatic N) is 2. The second-order valence-electron chi connectivity index (χ2n) is 5.03. The molecule has 0 radical (unpaired) electrons. The smallest absolute Gasteiger partial charge is 0.193 e. The van der Waals surface area contributed by atoms with Crippen LogP contribution in [0.4, 0.5) is 0 Å². The summed E-state index contributed by atoms with van der Waals surface area (Å²) in [6.07, 6.45) is 8.43. The maximum Gasteiger partial charge on any atom is 0.193 e. The second kappa shape index (κ2) is 10.5. The van der Waals surface area contributed by atoms with Crippen molar-refractivity contribution < 1.29 is 4.74 Å². The second-order valence-corrected chi connectivity index (χ2v) is 5.03. The average molecular weight is 279 g/mol. The van der Waals surface area contributed by atoms with Crippen LogP contribution in [0.2, 0.25) is 0 Å². The molecule has 0 spiro atoms. The number of hydrogen-bond donors (Lipinski definition) is 1. The van der Waals surface area contributed by atoms with Gasteiger partial charge in [0.25, 0.3) is 0 Å². The maximum atomic E-state index is 5.32. The summed E-state index contributed by atoms with van der Waals surface area (Å²) in [6, 6.07) is 0. The normalized spacial score (nSPS) is 15.7. The third-order valence-electron chi connectivity index (χ3n) is 3.35. The lowest BCUT2D eigenvalue weighted by molar-refractivity contribution is 0.153. The third kappa shape index (κ3) is 6.75. The molecule has 20 heavy (non-hydrogen) atoms. The van der Waals surface area contributed by atoms with Crippen LogP contribution in [0, 0.1) is 0 Å². The van der Waals surface area contributed by atoms with Crippen molar-refractivity contribution in [3.63, 3.8) is 0 Å². The van der Waals surface area contributed by atoms with Crippen molar-refractivity contribution in [2.24, 2.45) is 4.99 Å². The number of hydrogen-bond acceptors (Lipinski definition) is 2. The van der Waals surface area contributed by atoms with Gasteiger partial charge in [-0.05, 0) is 32.6 Å². The van der Waals surface area contributed by atoms with Gasteiger partial charge in [-0.3, -0.25) is 4.99 Å². The fraction of sp³-hybridized carbons (Fsp3) is 0.688. The van der Waals surface area contributed by atoms with Gasteiger partial charge < -0.3 is 15.0 Å². The number of nitrogens with one attached hydrogen (secondary N) is 1. The molecule has 0 saturated carbocycles. The predicted octanol–water partition coefficient (Wildman–Crippen LogP) is 2.59. The van der Waals surface area contributed by atoms with Gasteiger partial charge in [-0.2, -0.15) is 0 Å². The van der Waals surface area contributed by atoms with Gasteiger partial charge in [0.05, 0.1) is 13.2 Å². The number of rotatable bonds is 8. The van der Waals surface area contributed by atoms with Crippen LogP contribution in [0.5, 0.6) is 0 Å². The zero-order valence-electron chi connectivity index (χ0n) is 13.0. The van der Waals surface area contributed by atoms with Crippen LogP contribution < -0.4 is 5.32 Å². The van der Waals surface area contributed by atoms with Gasteiger partial charge in [0.1, 0.15) is 0 Å². The van der Waals surface area contributed by atoms with Crippen LogP contribution in [0.3, 0.4) is 0 Å². The first-order chi connectivity index (χ1) is 9.77. The minimum atomic E-state index is 0.764. The van der Waals surface area contributed by atoms with E-state index in [1.807, 2.05) is 6.08 Å². The van der Waals surface area contributed by atoms with Crippen LogP contribution in [-0.2, 0) is 4.74 Å². The highest BCUT2D eigenvalue weighted by atomic mass is 16.5. The van der Waals surface area contributed by atoms with Crippen LogP contribution >= 0.6 is 0 Å². The minimum absolute atomic E-state index is 0.764. The predicted molar refractivity (Wildman–Crippen MR) is 86.2 cm³/mol. The van der Waals surface area contributed by atoms with Crippen molar-refractivity contribution in [1.82, 2.24) is 10.2 Å². The fourth-order valence-corrected chi connectivity index (χ4v) is 2.15. The molecule has 1 aliphatic heterocycles. The highest BCUT2D eigenvalue weighted by Gasteiger charge is 2.06. The Balaban J connectivity index is 2.40. The molecule has 114 valence electrons. The molecular weight excluding hydrogens is 250 g/mol. The molecular formula is C16H29N3O. The summed E-state index contributed by atoms with van der Waals surface area (Å²) in [7, 11) is 2.10. The van der Waals surface area contributed by atoms with Gasteiger partial charge in [0.15, 0.2) is 5.96 Å². The topological polar surface area (TPSA) is 36.9 Å². The molecule has 1 aliphatic rings. The minimum Gasteiger partial charge on any atom is -0.377 e. The first-order valence-corrected chi connectivity index (χ1v) is 7.64. The molecule has 1 N–H and O–H groups in total. The number of ether oxygens (including phenoxy) is 1. The highest BCUT2D eigenvalue weighted by molar-refractivity contribution is 5.79. The molecule has 4 nitrogen and oxygen atoms in total. The van der Waals surface area contributed by atoms with E-state index in [0.717, 1.165) is 64.5 Å². The molecule has 0 saturated heterocycles. The van der Waals surface area contributed by atoms with Crippen LogP contribution in [0.15, 0.2) is 29.3 Å². The Labute approximate surface area is 123 Å². The first-order valence-electron chi connectivity index (χ1n) is 7.64. The summed E-state index contributed by atoms with van der Waals surface area (Å²) in [5.41, 5.74) is 1.48. The van der Waals surface area contributed by atoms with Crippen molar-refractivity contribution >= 4 is 5.96 Å². The van der Waals surface area contributed by atoms with Gasteiger partial charge in [-0.15, -0.1) is 6.58 Å². The van der Waals surface area contributed by atoms with E-state index in [0.29, 0.717) is 0 Å². The summed E-state index contributed by atoms with van der Waals surface area (Å²) < 4.78 is 5.32. The lowest BCUT2D eigenvalue weighted by Gasteiger charge is -2.22. The van der Waals surface area contributed by atoms with Crippen molar-refractivity contribution in [2.45, 2.75) is 32.6 Å². The summed E-state index contributed by atoms with van der Waals surface area (Å²) in [6.45, 7) is 10.2. The van der Waals surface area contributed by atoms with Crippen molar-refractivity contribution in [1.29, 1.82) is 0 Å². The largest absolute Gasteiger partial charge is 0.377 e. The van der Waals surface area contributed by atoms with Gasteiger partial charge in [-0.1, -0.05) is 17.7 Å². The first kappa shape index (κ1) is 16.8. The van der Waals surface area contributed by atoms with Crippen LogP contribution in [0.25, 0.3) is 0 Å². The van der Waals surface area contributed by atoms with E-state index in [4.69, 9.17) is 9.73 Å². The molecule has 0 aromatic heterocycles. The van der Waals surface area contributed by atoms with E-state index in [-0.39, 0.29) is 0 Å². The molecule has 0 atom stereocenters. The number of allylic oxidation sites excluding steroid dienone is 1. The zero-order chi connectivity index (χ0) is 14.6. The Kier molecular flexibility index (Phi) is 8.79. The Hall–Kier alpha value is -1.29. The fourth-order valence-electron chi connectivity index (χ4n) is 2.15. The lowest BCUT2D eigenvalue weighted by atomic mass is 10.1. The number of unbranched alkanes of at least 4 members (excludes halogenated alkanes) is 1. The quantitative estimate of drug-likeness (QED) is 0.321. The van der Waals surface area contributed by atoms with Crippen LogP contribution in [-0.4, -0.2) is 50.8 Å². The van der Waals surface area contributed by atoms with Gasteiger partial charge in [0.2, 0.25) is 0 Å². The summed E-state index contributed by atoms with van der Waals surface area (Å²) in [5.74, 6) is 1.00. The highest BCUT2D eigenvalue weighted by Crippen LogP contribution is 2.11. The van der Waals surface area contributed by atoms with Gasteiger partial charge in [0, 0.05) is 26.7 Å². The molecule has 1 heterocycles. The molecule has 4 heteroatoms. The van der Waals surface area contributed by atoms with Crippen LogP contribution in [0.1, 0.15) is 32.6 Å². The summed E-state index contributed by atoms with van der Waals surface area (Å²) in [4.78, 5) is 6.91. The zero-order valence-corrected chi connectivity index (χ0v) is 13.0. The molecule has 0 unspecified atom stereocenters. The SMILES string of the molecule is C=CCCCN(C)C(=NCCC1=CCOCC1)NCC. The van der Waals surface area contributed by atoms with E-state index in [1.165, 1.54) is 5.57 Å². The van der Waals surface area contributed by atoms with Crippen molar-refractivity contribution in [2.75, 3.05) is 39.9 Å². The monoisotopic (exact) mass is 279 g/mol. The number of guanidine groups is 1. The van der Waals surface area contributed by atoms with E-state index < -0.39 is 0 Å². The molecule has 0 amide bonds. The average Bonchev–Trinajstić information content (AvgIpc) is 2.47. The lowest BCUT2D eigenvalue weighted by Crippen LogP contribution is -2.39. The molecule has 1 rings (SSSR count). The van der Waals surface area contributed by atoms with Crippen molar-refractivity contribution in [3.05, 3.63) is 24.3 Å². The number of aliphatic imine (C=N–C) groups is 1. The maximum absolute atomic E-state index is 5.32. The Morgan fingerprint density at radius 1 is 1.60 bits per heavy atom. The summed E-state index contributed by atoms with van der Waals surface area (Å²) >= 11 is 0. The molecule has 0 bridgehead atoms. The van der Waals surface area contributed by atoms with E-state index >= 15 is 0 Å². The standard InChI is InChI=1S/C16H29N3O/c1-4-6-7-12-19(3)16(17-5-2)18-11-8-15-9-13-20-14-10-15/h4,9H,1,5-8,10-14H2,2-3H3,(H,17,18). The van der Waals surface area contributed by atoms with Crippen molar-refractivity contribution in [3.8, 4) is 0 Å². The molecule has 0 fully saturated rings. The Morgan fingerprint density at radius 3 is 3.10 bits per heavy atom. The Morgan fingerprint density at radius 2 is 2.45 bits per heavy atom. The van der Waals surface area contributed by atoms with E-state index in [1.54, 1.807) is 0 Å². The third-order valence-corrected chi connectivity index (χ3v) is 3.35. The van der Waals surface area contributed by atoms with E-state index in [9.17, 15) is 0 Å². The summed E-state index contributed by atoms with van der Waals surface area (Å²) in [5, 5.41) is 3.35. The molecule has 0 aromatic rings.